The smallest absolute Gasteiger partial charge is 0.336 e. The lowest BCUT2D eigenvalue weighted by molar-refractivity contribution is 0.0692. The third kappa shape index (κ3) is 3.64. The van der Waals surface area contributed by atoms with E-state index in [-0.39, 0.29) is 16.3 Å². The number of anilines is 1. The maximum atomic E-state index is 12.3. The van der Waals surface area contributed by atoms with Crippen LogP contribution in [-0.2, 0) is 0 Å². The lowest BCUT2D eigenvalue weighted by atomic mass is 10.1. The van der Waals surface area contributed by atoms with E-state index in [1.165, 1.54) is 23.5 Å². The van der Waals surface area contributed by atoms with Gasteiger partial charge in [-0.25, -0.2) is 4.79 Å². The minimum atomic E-state index is -1.16. The summed E-state index contributed by atoms with van der Waals surface area (Å²) in [7, 11) is 1.59. The fourth-order valence-corrected chi connectivity index (χ4v) is 2.90. The van der Waals surface area contributed by atoms with Crippen molar-refractivity contribution in [3.63, 3.8) is 0 Å². The highest BCUT2D eigenvalue weighted by molar-refractivity contribution is 7.18. The second-order valence-electron chi connectivity index (χ2n) is 4.95. The topological polar surface area (TPSA) is 101 Å². The molecule has 2 aromatic carbocycles. The number of carboxylic acid groups (broad SMARTS) is 1. The molecule has 0 spiro atoms. The summed E-state index contributed by atoms with van der Waals surface area (Å²) < 4.78 is 5.10. The van der Waals surface area contributed by atoms with Crippen molar-refractivity contribution in [2.24, 2.45) is 0 Å². The molecule has 25 heavy (non-hydrogen) atoms. The number of rotatable bonds is 5. The Bertz CT molecular complexity index is 922. The molecule has 3 aromatic rings. The Hall–Kier alpha value is -3.26. The first-order valence-electron chi connectivity index (χ1n) is 7.20. The van der Waals surface area contributed by atoms with Gasteiger partial charge in [-0.3, -0.25) is 10.1 Å². The van der Waals surface area contributed by atoms with Crippen LogP contribution in [0.3, 0.4) is 0 Å². The molecule has 3 rings (SSSR count). The van der Waals surface area contributed by atoms with Crippen molar-refractivity contribution in [1.29, 1.82) is 0 Å². The number of carbonyl (C=O) groups is 2. The molecule has 0 saturated carbocycles. The summed E-state index contributed by atoms with van der Waals surface area (Å²) in [6.07, 6.45) is 0. The van der Waals surface area contributed by atoms with E-state index in [2.05, 4.69) is 15.5 Å². The number of carboxylic acids is 1. The molecule has 8 heteroatoms. The van der Waals surface area contributed by atoms with Gasteiger partial charge in [0.05, 0.1) is 18.2 Å². The molecule has 1 aromatic heterocycles. The highest BCUT2D eigenvalue weighted by Crippen LogP contribution is 2.28. The van der Waals surface area contributed by atoms with Gasteiger partial charge in [-0.2, -0.15) is 0 Å². The number of carbonyl (C=O) groups excluding carboxylic acids is 1. The second kappa shape index (κ2) is 7.10. The number of nitrogens with one attached hydrogen (secondary N) is 1. The van der Waals surface area contributed by atoms with Crippen molar-refractivity contribution in [2.75, 3.05) is 12.4 Å². The van der Waals surface area contributed by atoms with Crippen LogP contribution in [-0.4, -0.2) is 34.3 Å². The fourth-order valence-electron chi connectivity index (χ4n) is 2.16. The Morgan fingerprint density at radius 1 is 1.04 bits per heavy atom. The number of ether oxygens (including phenoxy) is 1. The van der Waals surface area contributed by atoms with E-state index in [4.69, 9.17) is 9.84 Å². The Kier molecular flexibility index (Phi) is 4.71. The van der Waals surface area contributed by atoms with Gasteiger partial charge >= 0.3 is 5.97 Å². The van der Waals surface area contributed by atoms with E-state index in [1.54, 1.807) is 31.4 Å². The van der Waals surface area contributed by atoms with Gasteiger partial charge in [-0.1, -0.05) is 23.5 Å². The van der Waals surface area contributed by atoms with E-state index in [9.17, 15) is 9.59 Å². The molecule has 0 unspecified atom stereocenters. The number of aromatic carboxylic acids is 1. The average Bonchev–Trinajstić information content (AvgIpc) is 3.10. The lowest BCUT2D eigenvalue weighted by Gasteiger charge is -2.04. The Balaban J connectivity index is 1.79. The number of hydrogen-bond acceptors (Lipinski definition) is 6. The van der Waals surface area contributed by atoms with Gasteiger partial charge in [0, 0.05) is 5.56 Å². The molecule has 0 aliphatic heterocycles. The van der Waals surface area contributed by atoms with Crippen LogP contribution in [0, 0.1) is 0 Å². The predicted molar refractivity (Wildman–Crippen MR) is 93.3 cm³/mol. The molecule has 1 heterocycles. The van der Waals surface area contributed by atoms with Gasteiger partial charge in [-0.05, 0) is 36.4 Å². The van der Waals surface area contributed by atoms with Crippen LogP contribution in [0.15, 0.2) is 48.5 Å². The summed E-state index contributed by atoms with van der Waals surface area (Å²) in [4.78, 5) is 23.5. The largest absolute Gasteiger partial charge is 0.497 e. The number of nitrogens with zero attached hydrogens (tertiary/aromatic N) is 2. The predicted octanol–water partition coefficient (Wildman–Crippen LogP) is 3.16. The first-order valence-corrected chi connectivity index (χ1v) is 8.01. The molecule has 0 saturated heterocycles. The first kappa shape index (κ1) is 16.6. The monoisotopic (exact) mass is 355 g/mol. The maximum Gasteiger partial charge on any atom is 0.336 e. The molecule has 0 atom stereocenters. The molecule has 2 N–H and O–H groups in total. The average molecular weight is 355 g/mol. The summed E-state index contributed by atoms with van der Waals surface area (Å²) in [6.45, 7) is 0. The van der Waals surface area contributed by atoms with E-state index in [1.807, 2.05) is 12.1 Å². The van der Waals surface area contributed by atoms with Crippen LogP contribution < -0.4 is 10.1 Å². The van der Waals surface area contributed by atoms with E-state index in [0.717, 1.165) is 11.3 Å². The highest BCUT2D eigenvalue weighted by Gasteiger charge is 2.17. The number of hydrogen-bond donors (Lipinski definition) is 2. The SMILES string of the molecule is COc1ccc(-c2nnc(NC(=O)c3ccccc3C(=O)O)s2)cc1. The Labute approximate surface area is 146 Å². The van der Waals surface area contributed by atoms with E-state index in [0.29, 0.717) is 5.01 Å². The van der Waals surface area contributed by atoms with Crippen LogP contribution in [0.5, 0.6) is 5.75 Å². The molecule has 1 amide bonds. The summed E-state index contributed by atoms with van der Waals surface area (Å²) in [6, 6.07) is 13.3. The van der Waals surface area contributed by atoms with Gasteiger partial charge in [0.15, 0.2) is 0 Å². The zero-order chi connectivity index (χ0) is 17.8. The molecule has 0 bridgehead atoms. The van der Waals surface area contributed by atoms with Crippen LogP contribution in [0.25, 0.3) is 10.6 Å². The number of methoxy groups -OCH3 is 1. The van der Waals surface area contributed by atoms with Gasteiger partial charge in [0.25, 0.3) is 5.91 Å². The normalized spacial score (nSPS) is 10.3. The first-order chi connectivity index (χ1) is 12.1. The van der Waals surface area contributed by atoms with Crippen molar-refractivity contribution in [1.82, 2.24) is 10.2 Å². The summed E-state index contributed by atoms with van der Waals surface area (Å²) in [5.41, 5.74) is 0.834. The van der Waals surface area contributed by atoms with E-state index >= 15 is 0 Å². The van der Waals surface area contributed by atoms with E-state index < -0.39 is 11.9 Å². The van der Waals surface area contributed by atoms with Gasteiger partial charge in [0.1, 0.15) is 10.8 Å². The highest BCUT2D eigenvalue weighted by atomic mass is 32.1. The Morgan fingerprint density at radius 3 is 2.36 bits per heavy atom. The summed E-state index contributed by atoms with van der Waals surface area (Å²) in [5, 5.41) is 20.6. The minimum Gasteiger partial charge on any atom is -0.497 e. The maximum absolute atomic E-state index is 12.3. The lowest BCUT2D eigenvalue weighted by Crippen LogP contribution is -2.16. The van der Waals surface area contributed by atoms with Gasteiger partial charge in [0.2, 0.25) is 5.13 Å². The molecule has 0 fully saturated rings. The molecule has 0 aliphatic rings. The van der Waals surface area contributed by atoms with Crippen LogP contribution in [0.4, 0.5) is 5.13 Å². The summed E-state index contributed by atoms with van der Waals surface area (Å²) >= 11 is 1.19. The summed E-state index contributed by atoms with van der Waals surface area (Å²) in [5.74, 6) is -0.982. The number of amides is 1. The van der Waals surface area contributed by atoms with Crippen molar-refractivity contribution in [3.8, 4) is 16.3 Å². The van der Waals surface area contributed by atoms with Crippen LogP contribution >= 0.6 is 11.3 Å². The Morgan fingerprint density at radius 2 is 1.72 bits per heavy atom. The van der Waals surface area contributed by atoms with Crippen molar-refractivity contribution in [2.45, 2.75) is 0 Å². The van der Waals surface area contributed by atoms with Gasteiger partial charge in [-0.15, -0.1) is 10.2 Å². The van der Waals surface area contributed by atoms with Crippen LogP contribution in [0.2, 0.25) is 0 Å². The molecule has 126 valence electrons. The number of benzene rings is 2. The zero-order valence-corrected chi connectivity index (χ0v) is 13.9. The molecule has 0 aliphatic carbocycles. The van der Waals surface area contributed by atoms with Crippen LogP contribution in [0.1, 0.15) is 20.7 Å². The fraction of sp³-hybridized carbons (Fsp3) is 0.0588. The minimum absolute atomic E-state index is 0.0659. The molecular formula is C17H13N3O4S. The number of aromatic nitrogens is 2. The molecule has 7 nitrogen and oxygen atoms in total. The van der Waals surface area contributed by atoms with Crippen molar-refractivity contribution in [3.05, 3.63) is 59.7 Å². The van der Waals surface area contributed by atoms with Crippen molar-refractivity contribution < 1.29 is 19.4 Å². The zero-order valence-electron chi connectivity index (χ0n) is 13.1. The molecule has 0 radical (unpaired) electrons. The standard InChI is InChI=1S/C17H13N3O4S/c1-24-11-8-6-10(7-9-11)15-19-20-17(25-15)18-14(21)12-4-2-3-5-13(12)16(22)23/h2-9H,1H3,(H,22,23)(H,18,20,21). The van der Waals surface area contributed by atoms with Gasteiger partial charge < -0.3 is 9.84 Å². The third-order valence-electron chi connectivity index (χ3n) is 3.38. The quantitative estimate of drug-likeness (QED) is 0.729. The molecular weight excluding hydrogens is 342 g/mol. The van der Waals surface area contributed by atoms with Crippen molar-refractivity contribution >= 4 is 28.3 Å². The third-order valence-corrected chi connectivity index (χ3v) is 4.27. The second-order valence-corrected chi connectivity index (χ2v) is 5.92.